The Morgan fingerprint density at radius 3 is 2.60 bits per heavy atom. The van der Waals surface area contributed by atoms with Crippen LogP contribution in [0.3, 0.4) is 0 Å². The highest BCUT2D eigenvalue weighted by molar-refractivity contribution is 9.10. The Labute approximate surface area is 147 Å². The van der Waals surface area contributed by atoms with Gasteiger partial charge in [0.25, 0.3) is 5.56 Å². The van der Waals surface area contributed by atoms with Gasteiger partial charge in [-0.2, -0.15) is 18.2 Å². The average Bonchev–Trinajstić information content (AvgIpc) is 2.53. The number of aromatic nitrogens is 2. The van der Waals surface area contributed by atoms with Crippen LogP contribution in [0.4, 0.5) is 17.6 Å². The molecule has 2 rings (SSSR count). The predicted molar refractivity (Wildman–Crippen MR) is 83.4 cm³/mol. The first kappa shape index (κ1) is 18.8. The van der Waals surface area contributed by atoms with E-state index in [2.05, 4.69) is 26.8 Å². The molecule has 0 aliphatic rings. The molecule has 0 amide bonds. The van der Waals surface area contributed by atoms with Gasteiger partial charge in [-0.3, -0.25) is 4.79 Å². The average molecular weight is 421 g/mol. The van der Waals surface area contributed by atoms with E-state index in [-0.39, 0.29) is 22.9 Å². The Bertz CT molecular complexity index is 903. The lowest BCUT2D eigenvalue weighted by Crippen LogP contribution is -2.25. The standard InChI is InChI=1S/C15H9BrF4N2O3/c1-3-4-25-11-6-10(9(17)5-8(11)16)22-13(23)7-12(15(18,19)20)21-14(22)24-2/h1,5-7H,4H2,2H3. The van der Waals surface area contributed by atoms with Gasteiger partial charge in [0.05, 0.1) is 17.3 Å². The molecular formula is C15H9BrF4N2O3. The fourth-order valence-electron chi connectivity index (χ4n) is 1.88. The van der Waals surface area contributed by atoms with Crippen molar-refractivity contribution in [2.24, 2.45) is 0 Å². The van der Waals surface area contributed by atoms with E-state index in [0.29, 0.717) is 4.57 Å². The second-order valence-electron chi connectivity index (χ2n) is 4.53. The first-order valence-electron chi connectivity index (χ1n) is 6.50. The predicted octanol–water partition coefficient (Wildman–Crippen LogP) is 3.17. The molecule has 25 heavy (non-hydrogen) atoms. The molecule has 132 valence electrons. The lowest BCUT2D eigenvalue weighted by atomic mass is 10.2. The van der Waals surface area contributed by atoms with Gasteiger partial charge in [0.1, 0.15) is 18.2 Å². The summed E-state index contributed by atoms with van der Waals surface area (Å²) in [6.07, 6.45) is 0.220. The van der Waals surface area contributed by atoms with E-state index in [1.54, 1.807) is 0 Å². The van der Waals surface area contributed by atoms with E-state index in [1.165, 1.54) is 0 Å². The molecule has 0 fully saturated rings. The molecule has 0 unspecified atom stereocenters. The second-order valence-corrected chi connectivity index (χ2v) is 5.38. The van der Waals surface area contributed by atoms with E-state index in [1.807, 2.05) is 0 Å². The summed E-state index contributed by atoms with van der Waals surface area (Å²) < 4.78 is 63.3. The molecule has 1 heterocycles. The van der Waals surface area contributed by atoms with Crippen molar-refractivity contribution in [3.05, 3.63) is 44.5 Å². The lowest BCUT2D eigenvalue weighted by Gasteiger charge is -2.15. The van der Waals surface area contributed by atoms with Crippen molar-refractivity contribution in [2.75, 3.05) is 13.7 Å². The molecule has 0 bridgehead atoms. The van der Waals surface area contributed by atoms with Crippen LogP contribution in [0.5, 0.6) is 11.8 Å². The van der Waals surface area contributed by atoms with Crippen molar-refractivity contribution in [3.63, 3.8) is 0 Å². The quantitative estimate of drug-likeness (QED) is 0.563. The van der Waals surface area contributed by atoms with E-state index in [4.69, 9.17) is 15.9 Å². The van der Waals surface area contributed by atoms with Crippen LogP contribution >= 0.6 is 15.9 Å². The van der Waals surface area contributed by atoms with Crippen LogP contribution in [0.2, 0.25) is 0 Å². The second kappa shape index (κ2) is 7.14. The zero-order valence-electron chi connectivity index (χ0n) is 12.5. The van der Waals surface area contributed by atoms with Crippen molar-refractivity contribution in [1.82, 2.24) is 9.55 Å². The van der Waals surface area contributed by atoms with Gasteiger partial charge in [-0.25, -0.2) is 8.96 Å². The van der Waals surface area contributed by atoms with Gasteiger partial charge in [0.2, 0.25) is 0 Å². The Morgan fingerprint density at radius 1 is 1.36 bits per heavy atom. The van der Waals surface area contributed by atoms with Crippen LogP contribution in [-0.4, -0.2) is 23.3 Å². The Hall–Kier alpha value is -2.54. The summed E-state index contributed by atoms with van der Waals surface area (Å²) in [7, 11) is 1.00. The highest BCUT2D eigenvalue weighted by atomic mass is 79.9. The number of ether oxygens (including phenoxy) is 2. The van der Waals surface area contributed by atoms with E-state index >= 15 is 0 Å². The van der Waals surface area contributed by atoms with Crippen molar-refractivity contribution in [2.45, 2.75) is 6.18 Å². The van der Waals surface area contributed by atoms with E-state index in [9.17, 15) is 22.4 Å². The van der Waals surface area contributed by atoms with Gasteiger partial charge in [-0.1, -0.05) is 5.92 Å². The van der Waals surface area contributed by atoms with Gasteiger partial charge in [0, 0.05) is 12.1 Å². The number of methoxy groups -OCH3 is 1. The minimum absolute atomic E-state index is 0.0863. The number of hydrogen-bond donors (Lipinski definition) is 0. The SMILES string of the molecule is C#CCOc1cc(-n2c(OC)nc(C(F)(F)F)cc2=O)c(F)cc1Br. The Kier molecular flexibility index (Phi) is 5.37. The maximum Gasteiger partial charge on any atom is 0.433 e. The summed E-state index contributed by atoms with van der Waals surface area (Å²) in [4.78, 5) is 15.3. The molecule has 10 heteroatoms. The maximum absolute atomic E-state index is 14.3. The number of nitrogens with zero attached hydrogens (tertiary/aromatic N) is 2. The van der Waals surface area contributed by atoms with Crippen LogP contribution in [-0.2, 0) is 6.18 Å². The van der Waals surface area contributed by atoms with Crippen molar-refractivity contribution in [3.8, 4) is 29.8 Å². The minimum Gasteiger partial charge on any atom is -0.480 e. The molecule has 5 nitrogen and oxygen atoms in total. The third-order valence-electron chi connectivity index (χ3n) is 2.91. The van der Waals surface area contributed by atoms with Crippen LogP contribution in [0.25, 0.3) is 5.69 Å². The first-order chi connectivity index (χ1) is 11.7. The molecule has 0 radical (unpaired) electrons. The molecule has 0 N–H and O–H groups in total. The zero-order chi connectivity index (χ0) is 18.8. The molecular weight excluding hydrogens is 412 g/mol. The molecule has 0 spiro atoms. The topological polar surface area (TPSA) is 53.4 Å². The highest BCUT2D eigenvalue weighted by Crippen LogP contribution is 2.32. The normalized spacial score (nSPS) is 11.1. The summed E-state index contributed by atoms with van der Waals surface area (Å²) in [6, 6.07) is 1.58. The molecule has 1 aromatic carbocycles. The molecule has 0 saturated heterocycles. The number of alkyl halides is 3. The summed E-state index contributed by atoms with van der Waals surface area (Å²) in [5.41, 5.74) is -3.03. The third-order valence-corrected chi connectivity index (χ3v) is 3.53. The third kappa shape index (κ3) is 3.93. The van der Waals surface area contributed by atoms with Crippen molar-refractivity contribution < 1.29 is 27.0 Å². The Morgan fingerprint density at radius 2 is 2.04 bits per heavy atom. The van der Waals surface area contributed by atoms with Crippen LogP contribution < -0.4 is 15.0 Å². The number of hydrogen-bond acceptors (Lipinski definition) is 4. The van der Waals surface area contributed by atoms with Gasteiger partial charge in [-0.05, 0) is 22.0 Å². The monoisotopic (exact) mass is 420 g/mol. The van der Waals surface area contributed by atoms with E-state index < -0.39 is 34.9 Å². The van der Waals surface area contributed by atoms with Crippen LogP contribution in [0.1, 0.15) is 5.69 Å². The number of halogens is 5. The summed E-state index contributed by atoms with van der Waals surface area (Å²) >= 11 is 3.06. The molecule has 1 aromatic heterocycles. The molecule has 2 aromatic rings. The van der Waals surface area contributed by atoms with Gasteiger partial charge in [0.15, 0.2) is 5.69 Å². The molecule has 0 aliphatic carbocycles. The van der Waals surface area contributed by atoms with Crippen molar-refractivity contribution in [1.29, 1.82) is 0 Å². The highest BCUT2D eigenvalue weighted by Gasteiger charge is 2.34. The lowest BCUT2D eigenvalue weighted by molar-refractivity contribution is -0.141. The fraction of sp³-hybridized carbons (Fsp3) is 0.200. The molecule has 0 saturated carbocycles. The Balaban J connectivity index is 2.70. The summed E-state index contributed by atoms with van der Waals surface area (Å²) in [5, 5.41) is 0. The van der Waals surface area contributed by atoms with Crippen LogP contribution in [0.15, 0.2) is 27.5 Å². The smallest absolute Gasteiger partial charge is 0.433 e. The maximum atomic E-state index is 14.3. The fourth-order valence-corrected chi connectivity index (χ4v) is 2.31. The zero-order valence-corrected chi connectivity index (χ0v) is 14.1. The number of rotatable bonds is 4. The largest absolute Gasteiger partial charge is 0.480 e. The van der Waals surface area contributed by atoms with Gasteiger partial charge >= 0.3 is 12.2 Å². The summed E-state index contributed by atoms with van der Waals surface area (Å²) in [6.45, 7) is -0.138. The van der Waals surface area contributed by atoms with Crippen LogP contribution in [0, 0.1) is 18.2 Å². The number of terminal acetylenes is 1. The van der Waals surface area contributed by atoms with Crippen molar-refractivity contribution >= 4 is 15.9 Å². The molecule has 0 atom stereocenters. The number of benzene rings is 1. The van der Waals surface area contributed by atoms with Gasteiger partial charge in [-0.15, -0.1) is 6.42 Å². The van der Waals surface area contributed by atoms with Gasteiger partial charge < -0.3 is 9.47 Å². The summed E-state index contributed by atoms with van der Waals surface area (Å²) in [5.74, 6) is 1.38. The molecule has 0 aliphatic heterocycles. The minimum atomic E-state index is -4.86. The van der Waals surface area contributed by atoms with E-state index in [0.717, 1.165) is 19.2 Å². The first-order valence-corrected chi connectivity index (χ1v) is 7.29.